The topological polar surface area (TPSA) is 33.1 Å². The fraction of sp³-hybridized carbons (Fsp3) is 0.588. The maximum Gasteiger partial charge on any atom is 0.123 e. The van der Waals surface area contributed by atoms with E-state index in [1.807, 2.05) is 0 Å². The zero-order valence-electron chi connectivity index (χ0n) is 12.6. The van der Waals surface area contributed by atoms with E-state index >= 15 is 0 Å². The van der Waals surface area contributed by atoms with Crippen LogP contribution in [0.4, 0.5) is 0 Å². The lowest BCUT2D eigenvalue weighted by molar-refractivity contribution is 0.182. The number of nitrogens with zero attached hydrogens (tertiary/aromatic N) is 1. The predicted molar refractivity (Wildman–Crippen MR) is 85.1 cm³/mol. The lowest BCUT2D eigenvalue weighted by Gasteiger charge is -2.36. The zero-order chi connectivity index (χ0) is 14.3. The van der Waals surface area contributed by atoms with Gasteiger partial charge in [0.15, 0.2) is 0 Å². The first-order valence-electron chi connectivity index (χ1n) is 7.55. The number of aryl methyl sites for hydroxylation is 1. The molecular weight excluding hydrogens is 266 g/mol. The van der Waals surface area contributed by atoms with Crippen LogP contribution in [-0.4, -0.2) is 10.1 Å². The van der Waals surface area contributed by atoms with Crippen molar-refractivity contribution in [1.29, 1.82) is 0 Å². The van der Waals surface area contributed by atoms with Gasteiger partial charge in [0.25, 0.3) is 0 Å². The van der Waals surface area contributed by atoms with E-state index in [2.05, 4.69) is 32.9 Å². The molecule has 3 rings (SSSR count). The Balaban J connectivity index is 1.96. The molecule has 1 aliphatic carbocycles. The lowest BCUT2D eigenvalue weighted by atomic mass is 9.69. The first-order valence-corrected chi connectivity index (χ1v) is 8.37. The van der Waals surface area contributed by atoms with Crippen LogP contribution in [-0.2, 0) is 19.4 Å². The summed E-state index contributed by atoms with van der Waals surface area (Å²) in [5.41, 5.74) is 3.13. The summed E-state index contributed by atoms with van der Waals surface area (Å²) < 4.78 is 0. The van der Waals surface area contributed by atoms with Gasteiger partial charge in [0.2, 0.25) is 0 Å². The number of aromatic nitrogens is 1. The predicted octanol–water partition coefficient (Wildman–Crippen LogP) is 4.33. The molecule has 0 saturated carbocycles. The van der Waals surface area contributed by atoms with Crippen molar-refractivity contribution < 1.29 is 5.11 Å². The fourth-order valence-corrected chi connectivity index (χ4v) is 4.10. The number of hydrogen-bond acceptors (Lipinski definition) is 3. The third-order valence-corrected chi connectivity index (χ3v) is 6.13. The van der Waals surface area contributed by atoms with Crippen LogP contribution in [0.15, 0.2) is 12.1 Å². The van der Waals surface area contributed by atoms with Crippen molar-refractivity contribution in [2.24, 2.45) is 11.3 Å². The molecule has 3 heteroatoms. The Morgan fingerprint density at radius 2 is 2.20 bits per heavy atom. The highest BCUT2D eigenvalue weighted by atomic mass is 32.1. The summed E-state index contributed by atoms with van der Waals surface area (Å²) in [6.45, 7) is 7.20. The van der Waals surface area contributed by atoms with E-state index in [9.17, 15) is 5.11 Å². The van der Waals surface area contributed by atoms with Crippen LogP contribution in [0.3, 0.4) is 0 Å². The number of thiophene rings is 1. The lowest BCUT2D eigenvalue weighted by Crippen LogP contribution is -2.29. The molecular formula is C17H23NOS. The molecule has 0 amide bonds. The van der Waals surface area contributed by atoms with Gasteiger partial charge in [-0.3, -0.25) is 0 Å². The van der Waals surface area contributed by atoms with Gasteiger partial charge in [-0.1, -0.05) is 27.2 Å². The van der Waals surface area contributed by atoms with E-state index in [-0.39, 0.29) is 6.61 Å². The smallest absolute Gasteiger partial charge is 0.123 e. The molecule has 2 aromatic heterocycles. The second kappa shape index (κ2) is 5.12. The van der Waals surface area contributed by atoms with Gasteiger partial charge in [-0.05, 0) is 48.3 Å². The molecule has 108 valence electrons. The van der Waals surface area contributed by atoms with Crippen LogP contribution in [0.1, 0.15) is 49.7 Å². The summed E-state index contributed by atoms with van der Waals surface area (Å²) in [6, 6.07) is 4.40. The van der Waals surface area contributed by atoms with Crippen LogP contribution >= 0.6 is 11.3 Å². The Labute approximate surface area is 124 Å². The van der Waals surface area contributed by atoms with Gasteiger partial charge < -0.3 is 5.11 Å². The Morgan fingerprint density at radius 3 is 2.90 bits per heavy atom. The van der Waals surface area contributed by atoms with Crippen LogP contribution < -0.4 is 0 Å². The highest BCUT2D eigenvalue weighted by Crippen LogP contribution is 2.40. The minimum Gasteiger partial charge on any atom is -0.391 e. The van der Waals surface area contributed by atoms with Gasteiger partial charge in [0.1, 0.15) is 4.83 Å². The molecule has 0 aliphatic heterocycles. The number of aliphatic hydroxyl groups excluding tert-OH is 1. The molecule has 20 heavy (non-hydrogen) atoms. The summed E-state index contributed by atoms with van der Waals surface area (Å²) in [5, 5.41) is 10.5. The van der Waals surface area contributed by atoms with Crippen molar-refractivity contribution in [3.05, 3.63) is 28.3 Å². The molecule has 0 aromatic carbocycles. The minimum absolute atomic E-state index is 0.122. The maximum atomic E-state index is 9.27. The molecule has 0 saturated heterocycles. The fourth-order valence-electron chi connectivity index (χ4n) is 3.21. The first-order chi connectivity index (χ1) is 9.53. The zero-order valence-corrected chi connectivity index (χ0v) is 13.4. The summed E-state index contributed by atoms with van der Waals surface area (Å²) in [4.78, 5) is 6.93. The van der Waals surface area contributed by atoms with Gasteiger partial charge >= 0.3 is 0 Å². The molecule has 2 nitrogen and oxygen atoms in total. The number of rotatable bonds is 3. The summed E-state index contributed by atoms with van der Waals surface area (Å²) in [7, 11) is 0. The van der Waals surface area contributed by atoms with E-state index in [1.54, 1.807) is 11.3 Å². The van der Waals surface area contributed by atoms with Crippen molar-refractivity contribution in [3.8, 4) is 0 Å². The molecule has 0 spiro atoms. The molecule has 1 N–H and O–H groups in total. The highest BCUT2D eigenvalue weighted by molar-refractivity contribution is 7.18. The van der Waals surface area contributed by atoms with Gasteiger partial charge in [-0.15, -0.1) is 11.3 Å². The Morgan fingerprint density at radius 1 is 1.40 bits per heavy atom. The van der Waals surface area contributed by atoms with Crippen molar-refractivity contribution in [2.45, 2.75) is 53.1 Å². The average molecular weight is 289 g/mol. The molecule has 2 heterocycles. The minimum atomic E-state index is 0.122. The van der Waals surface area contributed by atoms with Crippen molar-refractivity contribution >= 4 is 21.6 Å². The molecule has 0 unspecified atom stereocenters. The van der Waals surface area contributed by atoms with E-state index in [1.165, 1.54) is 29.5 Å². The quantitative estimate of drug-likeness (QED) is 0.912. The maximum absolute atomic E-state index is 9.27. The number of aliphatic hydroxyl groups is 1. The Kier molecular flexibility index (Phi) is 3.59. The SMILES string of the molecule is CCC(C)(C)[C@H]1CCc2nc3sc(CO)cc3cc2C1. The average Bonchev–Trinajstić information content (AvgIpc) is 2.85. The van der Waals surface area contributed by atoms with E-state index < -0.39 is 0 Å². The number of hydrogen-bond donors (Lipinski definition) is 1. The molecule has 0 radical (unpaired) electrons. The Bertz CT molecular complexity index is 629. The van der Waals surface area contributed by atoms with Crippen molar-refractivity contribution in [1.82, 2.24) is 4.98 Å². The summed E-state index contributed by atoms with van der Waals surface area (Å²) in [6.07, 6.45) is 4.75. The largest absolute Gasteiger partial charge is 0.391 e. The van der Waals surface area contributed by atoms with E-state index in [0.29, 0.717) is 5.41 Å². The highest BCUT2D eigenvalue weighted by Gasteiger charge is 2.31. The molecule has 2 aromatic rings. The molecule has 1 atom stereocenters. The van der Waals surface area contributed by atoms with Crippen LogP contribution in [0.2, 0.25) is 0 Å². The summed E-state index contributed by atoms with van der Waals surface area (Å²) >= 11 is 1.62. The first kappa shape index (κ1) is 14.0. The monoisotopic (exact) mass is 289 g/mol. The summed E-state index contributed by atoms with van der Waals surface area (Å²) in [5.74, 6) is 0.759. The number of pyridine rings is 1. The second-order valence-corrected chi connectivity index (χ2v) is 7.76. The molecule has 0 fully saturated rings. The molecule has 1 aliphatic rings. The van der Waals surface area contributed by atoms with Crippen LogP contribution in [0, 0.1) is 11.3 Å². The van der Waals surface area contributed by atoms with Gasteiger partial charge in [-0.25, -0.2) is 4.98 Å². The second-order valence-electron chi connectivity index (χ2n) is 6.64. The van der Waals surface area contributed by atoms with Crippen LogP contribution in [0.5, 0.6) is 0 Å². The number of fused-ring (bicyclic) bond motifs is 2. The van der Waals surface area contributed by atoms with Crippen molar-refractivity contribution in [2.75, 3.05) is 0 Å². The molecule has 0 bridgehead atoms. The van der Waals surface area contributed by atoms with Crippen molar-refractivity contribution in [3.63, 3.8) is 0 Å². The van der Waals surface area contributed by atoms with E-state index in [0.717, 1.165) is 28.5 Å². The third kappa shape index (κ3) is 2.38. The third-order valence-electron chi connectivity index (χ3n) is 5.10. The standard InChI is InChI=1S/C17H23NOS/c1-4-17(2,3)13-5-6-15-11(8-13)7-12-9-14(10-19)20-16(12)18-15/h7,9,13,19H,4-6,8,10H2,1-3H3/t13-/m0/s1. The van der Waals surface area contributed by atoms with Crippen LogP contribution in [0.25, 0.3) is 10.2 Å². The van der Waals surface area contributed by atoms with Gasteiger partial charge in [0, 0.05) is 16.0 Å². The van der Waals surface area contributed by atoms with E-state index in [4.69, 9.17) is 4.98 Å². The van der Waals surface area contributed by atoms with Gasteiger partial charge in [-0.2, -0.15) is 0 Å². The normalized spacial score (nSPS) is 19.3. The Hall–Kier alpha value is -0.930. The van der Waals surface area contributed by atoms with Gasteiger partial charge in [0.05, 0.1) is 6.61 Å².